The molecule has 1 atom stereocenters. The van der Waals surface area contributed by atoms with Gasteiger partial charge in [-0.1, -0.05) is 12.1 Å². The van der Waals surface area contributed by atoms with E-state index in [0.29, 0.717) is 22.8 Å². The van der Waals surface area contributed by atoms with Crippen LogP contribution in [-0.2, 0) is 24.8 Å². The Morgan fingerprint density at radius 1 is 1.00 bits per heavy atom. The SMILES string of the molecule is Cc1cc(C)nc(NS(=O)(=O)c2ccc(NC(=O)[C@@H]3CN(S(C)(=O)=O)c4ccccc4O3)cc2)n1. The summed E-state index contributed by atoms with van der Waals surface area (Å²) in [5, 5.41) is 2.63. The van der Waals surface area contributed by atoms with E-state index < -0.39 is 32.1 Å². The lowest BCUT2D eigenvalue weighted by atomic mass is 10.2. The van der Waals surface area contributed by atoms with E-state index in [2.05, 4.69) is 20.0 Å². The number of hydrogen-bond acceptors (Lipinski definition) is 8. The molecule has 0 aliphatic carbocycles. The first-order chi connectivity index (χ1) is 16.4. The van der Waals surface area contributed by atoms with Crippen LogP contribution in [0.2, 0.25) is 0 Å². The average molecular weight is 518 g/mol. The van der Waals surface area contributed by atoms with Gasteiger partial charge >= 0.3 is 0 Å². The van der Waals surface area contributed by atoms with E-state index in [-0.39, 0.29) is 23.1 Å². The van der Waals surface area contributed by atoms with Crippen LogP contribution in [0.5, 0.6) is 5.75 Å². The minimum Gasteiger partial charge on any atom is -0.476 e. The van der Waals surface area contributed by atoms with Gasteiger partial charge in [0, 0.05) is 17.1 Å². The number of carbonyl (C=O) groups is 1. The zero-order chi connectivity index (χ0) is 25.4. The Morgan fingerprint density at radius 3 is 2.26 bits per heavy atom. The fraction of sp³-hybridized carbons (Fsp3) is 0.227. The lowest BCUT2D eigenvalue weighted by Gasteiger charge is -2.33. The molecule has 0 radical (unpaired) electrons. The van der Waals surface area contributed by atoms with Gasteiger partial charge in [0.2, 0.25) is 16.0 Å². The van der Waals surface area contributed by atoms with Crippen molar-refractivity contribution in [1.29, 1.82) is 0 Å². The van der Waals surface area contributed by atoms with Crippen LogP contribution in [0.3, 0.4) is 0 Å². The van der Waals surface area contributed by atoms with Gasteiger partial charge < -0.3 is 10.1 Å². The summed E-state index contributed by atoms with van der Waals surface area (Å²) < 4.78 is 59.0. The van der Waals surface area contributed by atoms with Crippen molar-refractivity contribution < 1.29 is 26.4 Å². The van der Waals surface area contributed by atoms with E-state index in [1.54, 1.807) is 44.2 Å². The molecule has 184 valence electrons. The lowest BCUT2D eigenvalue weighted by molar-refractivity contribution is -0.122. The molecule has 11 nitrogen and oxygen atoms in total. The van der Waals surface area contributed by atoms with Gasteiger partial charge in [0.25, 0.3) is 15.9 Å². The molecular weight excluding hydrogens is 494 g/mol. The number of carbonyl (C=O) groups excluding carboxylic acids is 1. The number of aryl methyl sites for hydroxylation is 2. The molecule has 0 saturated heterocycles. The highest BCUT2D eigenvalue weighted by Gasteiger charge is 2.35. The Bertz CT molecular complexity index is 1470. The van der Waals surface area contributed by atoms with Crippen LogP contribution in [0.4, 0.5) is 17.3 Å². The van der Waals surface area contributed by atoms with Crippen molar-refractivity contribution in [2.45, 2.75) is 24.8 Å². The maximum absolute atomic E-state index is 12.8. The Hall–Kier alpha value is -3.71. The number of ether oxygens (including phenoxy) is 1. The van der Waals surface area contributed by atoms with Gasteiger partial charge in [-0.25, -0.2) is 31.5 Å². The molecule has 13 heteroatoms. The van der Waals surface area contributed by atoms with E-state index in [1.165, 1.54) is 24.3 Å². The summed E-state index contributed by atoms with van der Waals surface area (Å²) in [5.74, 6) is -0.346. The van der Waals surface area contributed by atoms with Crippen LogP contribution in [0, 0.1) is 13.8 Å². The zero-order valence-electron chi connectivity index (χ0n) is 19.1. The fourth-order valence-corrected chi connectivity index (χ4v) is 5.40. The summed E-state index contributed by atoms with van der Waals surface area (Å²) in [7, 11) is -7.60. The highest BCUT2D eigenvalue weighted by atomic mass is 32.2. The maximum Gasteiger partial charge on any atom is 0.267 e. The predicted molar refractivity (Wildman–Crippen MR) is 130 cm³/mol. The number of nitrogens with one attached hydrogen (secondary N) is 2. The van der Waals surface area contributed by atoms with Crippen LogP contribution in [0.25, 0.3) is 0 Å². The summed E-state index contributed by atoms with van der Waals surface area (Å²) in [6, 6.07) is 13.7. The standard InChI is InChI=1S/C22H23N5O6S2/c1-14-12-15(2)24-22(23-14)26-35(31,32)17-10-8-16(9-11-17)25-21(28)20-13-27(34(3,29)30)18-6-4-5-7-19(18)33-20/h4-12,20H,13H2,1-3H3,(H,25,28)(H,23,24,26)/t20-/m0/s1. The number of amides is 1. The number of fused-ring (bicyclic) bond motifs is 1. The number of aromatic nitrogens is 2. The number of hydrogen-bond donors (Lipinski definition) is 2. The summed E-state index contributed by atoms with van der Waals surface area (Å²) in [6.45, 7) is 3.26. The van der Waals surface area contributed by atoms with Crippen molar-refractivity contribution in [3.05, 3.63) is 66.0 Å². The second-order valence-electron chi connectivity index (χ2n) is 7.96. The Labute approximate surface area is 203 Å². The van der Waals surface area contributed by atoms with Crippen molar-refractivity contribution in [3.63, 3.8) is 0 Å². The van der Waals surface area contributed by atoms with Crippen molar-refractivity contribution in [1.82, 2.24) is 9.97 Å². The van der Waals surface area contributed by atoms with E-state index in [1.807, 2.05) is 0 Å². The van der Waals surface area contributed by atoms with Crippen molar-refractivity contribution in [3.8, 4) is 5.75 Å². The number of benzene rings is 2. The van der Waals surface area contributed by atoms with Gasteiger partial charge in [0.15, 0.2) is 6.10 Å². The van der Waals surface area contributed by atoms with Gasteiger partial charge in [-0.15, -0.1) is 0 Å². The lowest BCUT2D eigenvalue weighted by Crippen LogP contribution is -2.48. The first-order valence-electron chi connectivity index (χ1n) is 10.4. The monoisotopic (exact) mass is 517 g/mol. The van der Waals surface area contributed by atoms with Gasteiger partial charge in [-0.05, 0) is 56.3 Å². The number of nitrogens with zero attached hydrogens (tertiary/aromatic N) is 3. The summed E-state index contributed by atoms with van der Waals surface area (Å²) >= 11 is 0. The third-order valence-electron chi connectivity index (χ3n) is 5.07. The molecule has 0 spiro atoms. The van der Waals surface area contributed by atoms with Crippen LogP contribution in [0.1, 0.15) is 11.4 Å². The van der Waals surface area contributed by atoms with E-state index in [9.17, 15) is 21.6 Å². The number of rotatable bonds is 6. The summed E-state index contributed by atoms with van der Waals surface area (Å²) in [4.78, 5) is 20.9. The van der Waals surface area contributed by atoms with Gasteiger partial charge in [-0.3, -0.25) is 9.10 Å². The number of sulfonamides is 2. The molecule has 1 aliphatic rings. The van der Waals surface area contributed by atoms with Crippen LogP contribution < -0.4 is 19.1 Å². The molecule has 2 aromatic carbocycles. The van der Waals surface area contributed by atoms with E-state index in [4.69, 9.17) is 4.74 Å². The Balaban J connectivity index is 1.48. The number of para-hydroxylation sites is 2. The summed E-state index contributed by atoms with van der Waals surface area (Å²) in [6.07, 6.45) is -0.0493. The van der Waals surface area contributed by atoms with E-state index >= 15 is 0 Å². The molecule has 0 unspecified atom stereocenters. The molecule has 0 bridgehead atoms. The molecule has 2 heterocycles. The summed E-state index contributed by atoms with van der Waals surface area (Å²) in [5.41, 5.74) is 1.91. The predicted octanol–water partition coefficient (Wildman–Crippen LogP) is 2.06. The average Bonchev–Trinajstić information content (AvgIpc) is 2.77. The minimum atomic E-state index is -3.96. The minimum absolute atomic E-state index is 0.0370. The van der Waals surface area contributed by atoms with Crippen LogP contribution in [0.15, 0.2) is 59.5 Å². The van der Waals surface area contributed by atoms with Gasteiger partial charge in [-0.2, -0.15) is 0 Å². The molecule has 2 N–H and O–H groups in total. The molecule has 1 aliphatic heterocycles. The molecule has 35 heavy (non-hydrogen) atoms. The quantitative estimate of drug-likeness (QED) is 0.505. The fourth-order valence-electron chi connectivity index (χ4n) is 3.54. The molecule has 3 aromatic rings. The maximum atomic E-state index is 12.8. The third kappa shape index (κ3) is 5.52. The van der Waals surface area contributed by atoms with E-state index in [0.717, 1.165) is 10.6 Å². The molecule has 1 aromatic heterocycles. The van der Waals surface area contributed by atoms with Crippen molar-refractivity contribution >= 4 is 43.3 Å². The van der Waals surface area contributed by atoms with Gasteiger partial charge in [0.05, 0.1) is 23.4 Å². The molecule has 1 amide bonds. The first kappa shape index (κ1) is 24.4. The topological polar surface area (TPSA) is 148 Å². The Morgan fingerprint density at radius 2 is 1.63 bits per heavy atom. The molecule has 0 fully saturated rings. The third-order valence-corrected chi connectivity index (χ3v) is 7.56. The molecule has 0 saturated carbocycles. The van der Waals surface area contributed by atoms with Crippen molar-refractivity contribution in [2.75, 3.05) is 27.1 Å². The smallest absolute Gasteiger partial charge is 0.267 e. The van der Waals surface area contributed by atoms with Crippen LogP contribution >= 0.6 is 0 Å². The first-order valence-corrected chi connectivity index (χ1v) is 13.7. The molecular formula is C22H23N5O6S2. The second kappa shape index (κ2) is 9.15. The normalized spacial score (nSPS) is 15.6. The highest BCUT2D eigenvalue weighted by Crippen LogP contribution is 2.34. The number of anilines is 3. The zero-order valence-corrected chi connectivity index (χ0v) is 20.7. The van der Waals surface area contributed by atoms with Crippen LogP contribution in [-0.4, -0.2) is 51.6 Å². The second-order valence-corrected chi connectivity index (χ2v) is 11.6. The largest absolute Gasteiger partial charge is 0.476 e. The van der Waals surface area contributed by atoms with Gasteiger partial charge in [0.1, 0.15) is 5.75 Å². The molecule has 4 rings (SSSR count). The Kier molecular flexibility index (Phi) is 6.38. The highest BCUT2D eigenvalue weighted by molar-refractivity contribution is 7.92. The van der Waals surface area contributed by atoms with Crippen molar-refractivity contribution in [2.24, 2.45) is 0 Å².